The van der Waals surface area contributed by atoms with Crippen LogP contribution >= 0.6 is 0 Å². The molecule has 0 aliphatic carbocycles. The molecule has 0 aliphatic heterocycles. The zero-order valence-electron chi connectivity index (χ0n) is 14.8. The first-order valence-electron chi connectivity index (χ1n) is 8.49. The number of nitrogens with one attached hydrogen (secondary N) is 1. The third kappa shape index (κ3) is 2.52. The highest BCUT2D eigenvalue weighted by Crippen LogP contribution is 2.30. The third-order valence-electron chi connectivity index (χ3n) is 4.66. The van der Waals surface area contributed by atoms with E-state index in [1.165, 1.54) is 0 Å². The van der Waals surface area contributed by atoms with Gasteiger partial charge >= 0.3 is 0 Å². The molecule has 0 spiro atoms. The van der Waals surface area contributed by atoms with E-state index >= 15 is 0 Å². The van der Waals surface area contributed by atoms with Crippen LogP contribution in [-0.4, -0.2) is 36.6 Å². The second-order valence-corrected chi connectivity index (χ2v) is 6.30. The lowest BCUT2D eigenvalue weighted by molar-refractivity contribution is 0.398. The van der Waals surface area contributed by atoms with Crippen LogP contribution in [0.2, 0.25) is 0 Å². The van der Waals surface area contributed by atoms with Gasteiger partial charge in [0.05, 0.1) is 36.4 Å². The number of benzene rings is 1. The molecule has 7 nitrogen and oxygen atoms in total. The zero-order valence-corrected chi connectivity index (χ0v) is 14.8. The van der Waals surface area contributed by atoms with Crippen LogP contribution in [0.25, 0.3) is 44.6 Å². The van der Waals surface area contributed by atoms with E-state index in [-0.39, 0.29) is 0 Å². The van der Waals surface area contributed by atoms with Crippen molar-refractivity contribution >= 4 is 22.2 Å². The van der Waals surface area contributed by atoms with E-state index in [1.54, 1.807) is 19.5 Å². The highest BCUT2D eigenvalue weighted by molar-refractivity contribution is 5.94. The van der Waals surface area contributed by atoms with Crippen molar-refractivity contribution in [2.45, 2.75) is 0 Å². The second kappa shape index (κ2) is 5.91. The number of rotatable bonds is 3. The molecule has 0 saturated carbocycles. The minimum atomic E-state index is 0.569. The Morgan fingerprint density at radius 3 is 2.70 bits per heavy atom. The molecule has 5 aromatic rings. The van der Waals surface area contributed by atoms with Gasteiger partial charge in [-0.25, -0.2) is 19.9 Å². The van der Waals surface area contributed by atoms with Crippen molar-refractivity contribution in [1.82, 2.24) is 29.5 Å². The first-order chi connectivity index (χ1) is 13.2. The molecule has 0 aliphatic rings. The summed E-state index contributed by atoms with van der Waals surface area (Å²) in [4.78, 5) is 21.2. The molecule has 5 rings (SSSR count). The Kier molecular flexibility index (Phi) is 3.39. The molecule has 132 valence electrons. The molecule has 1 aromatic carbocycles. The minimum absolute atomic E-state index is 0.569. The number of hydrogen-bond donors (Lipinski definition) is 1. The summed E-state index contributed by atoms with van der Waals surface area (Å²) >= 11 is 0. The van der Waals surface area contributed by atoms with Crippen molar-refractivity contribution in [2.24, 2.45) is 7.05 Å². The predicted molar refractivity (Wildman–Crippen MR) is 103 cm³/mol. The molecule has 0 amide bonds. The van der Waals surface area contributed by atoms with Crippen LogP contribution in [0.4, 0.5) is 0 Å². The van der Waals surface area contributed by atoms with Gasteiger partial charge in [0.25, 0.3) is 0 Å². The maximum absolute atomic E-state index is 5.12. The minimum Gasteiger partial charge on any atom is -0.481 e. The van der Waals surface area contributed by atoms with E-state index in [4.69, 9.17) is 9.72 Å². The molecule has 0 atom stereocenters. The number of nitrogens with zero attached hydrogens (tertiary/aromatic N) is 5. The largest absolute Gasteiger partial charge is 0.481 e. The number of fused-ring (bicyclic) bond motifs is 2. The summed E-state index contributed by atoms with van der Waals surface area (Å²) in [6.45, 7) is 0. The molecule has 27 heavy (non-hydrogen) atoms. The monoisotopic (exact) mass is 356 g/mol. The summed E-state index contributed by atoms with van der Waals surface area (Å²) < 4.78 is 7.13. The average molecular weight is 356 g/mol. The molecule has 0 unspecified atom stereocenters. The Balaban J connectivity index is 1.64. The Morgan fingerprint density at radius 2 is 1.89 bits per heavy atom. The van der Waals surface area contributed by atoms with E-state index in [2.05, 4.69) is 32.1 Å². The van der Waals surface area contributed by atoms with Crippen LogP contribution in [0.3, 0.4) is 0 Å². The van der Waals surface area contributed by atoms with Crippen molar-refractivity contribution in [3.63, 3.8) is 0 Å². The summed E-state index contributed by atoms with van der Waals surface area (Å²) in [5.41, 5.74) is 7.34. The summed E-state index contributed by atoms with van der Waals surface area (Å²) in [7, 11) is 3.59. The number of aromatic amines is 1. The average Bonchev–Trinajstić information content (AvgIpc) is 3.31. The van der Waals surface area contributed by atoms with Gasteiger partial charge in [0.1, 0.15) is 5.52 Å². The fourth-order valence-electron chi connectivity index (χ4n) is 3.20. The highest BCUT2D eigenvalue weighted by Gasteiger charge is 2.12. The topological polar surface area (TPSA) is 81.5 Å². The SMILES string of the molecule is COc1ccc(-c2cnc3[nH]cc(-c4ccc5ncn(C)c5c4)c3n2)cn1. The van der Waals surface area contributed by atoms with Crippen molar-refractivity contribution in [3.05, 3.63) is 55.2 Å². The van der Waals surface area contributed by atoms with Gasteiger partial charge in [0, 0.05) is 36.6 Å². The zero-order chi connectivity index (χ0) is 18.4. The quantitative estimate of drug-likeness (QED) is 0.534. The maximum Gasteiger partial charge on any atom is 0.212 e. The van der Waals surface area contributed by atoms with E-state index in [9.17, 15) is 0 Å². The highest BCUT2D eigenvalue weighted by atomic mass is 16.5. The normalized spacial score (nSPS) is 11.3. The predicted octanol–water partition coefficient (Wildman–Crippen LogP) is 3.58. The van der Waals surface area contributed by atoms with Crippen LogP contribution in [-0.2, 0) is 7.05 Å². The van der Waals surface area contributed by atoms with Gasteiger partial charge in [0.2, 0.25) is 5.88 Å². The standard InChI is InChI=1S/C20H16N6O/c1-26-11-24-15-5-3-12(7-17(15)26)14-9-22-20-19(14)25-16(10-23-20)13-4-6-18(27-2)21-8-13/h3-11H,1-2H3,(H,22,23). The van der Waals surface area contributed by atoms with E-state index in [1.807, 2.05) is 42.3 Å². The third-order valence-corrected chi connectivity index (χ3v) is 4.66. The van der Waals surface area contributed by atoms with Crippen LogP contribution in [0.5, 0.6) is 5.88 Å². The number of pyridine rings is 1. The molecule has 4 heterocycles. The van der Waals surface area contributed by atoms with Gasteiger partial charge in [0.15, 0.2) is 5.65 Å². The van der Waals surface area contributed by atoms with Gasteiger partial charge in [-0.3, -0.25) is 0 Å². The van der Waals surface area contributed by atoms with Crippen molar-refractivity contribution in [1.29, 1.82) is 0 Å². The number of aryl methyl sites for hydroxylation is 1. The van der Waals surface area contributed by atoms with Crippen LogP contribution in [0, 0.1) is 0 Å². The lowest BCUT2D eigenvalue weighted by Crippen LogP contribution is -1.91. The molecule has 0 radical (unpaired) electrons. The van der Waals surface area contributed by atoms with E-state index < -0.39 is 0 Å². The first-order valence-corrected chi connectivity index (χ1v) is 8.49. The van der Waals surface area contributed by atoms with Gasteiger partial charge in [-0.15, -0.1) is 0 Å². The van der Waals surface area contributed by atoms with Gasteiger partial charge in [-0.05, 0) is 23.8 Å². The molecule has 0 bridgehead atoms. The maximum atomic E-state index is 5.12. The van der Waals surface area contributed by atoms with E-state index in [0.29, 0.717) is 5.88 Å². The van der Waals surface area contributed by atoms with Crippen LogP contribution in [0.1, 0.15) is 0 Å². The lowest BCUT2D eigenvalue weighted by Gasteiger charge is -2.04. The Bertz CT molecular complexity index is 1270. The summed E-state index contributed by atoms with van der Waals surface area (Å²) in [5, 5.41) is 0. The number of H-pyrrole nitrogens is 1. The Labute approximate surface area is 154 Å². The molecule has 0 fully saturated rings. The van der Waals surface area contributed by atoms with Crippen molar-refractivity contribution in [3.8, 4) is 28.3 Å². The molecule has 7 heteroatoms. The fourth-order valence-corrected chi connectivity index (χ4v) is 3.20. The first kappa shape index (κ1) is 15.5. The molecule has 4 aromatic heterocycles. The summed E-state index contributed by atoms with van der Waals surface area (Å²) in [6.07, 6.45) is 7.25. The van der Waals surface area contributed by atoms with Crippen molar-refractivity contribution in [2.75, 3.05) is 7.11 Å². The van der Waals surface area contributed by atoms with Gasteiger partial charge in [-0.1, -0.05) is 6.07 Å². The van der Waals surface area contributed by atoms with Crippen LogP contribution in [0.15, 0.2) is 55.2 Å². The fraction of sp³-hybridized carbons (Fsp3) is 0.100. The van der Waals surface area contributed by atoms with Gasteiger partial charge in [-0.2, -0.15) is 0 Å². The summed E-state index contributed by atoms with van der Waals surface area (Å²) in [6, 6.07) is 9.94. The Hall–Kier alpha value is -3.74. The molecule has 0 saturated heterocycles. The lowest BCUT2D eigenvalue weighted by atomic mass is 10.1. The smallest absolute Gasteiger partial charge is 0.212 e. The Morgan fingerprint density at radius 1 is 1.00 bits per heavy atom. The van der Waals surface area contributed by atoms with Crippen LogP contribution < -0.4 is 4.74 Å². The van der Waals surface area contributed by atoms with E-state index in [0.717, 1.165) is 44.6 Å². The number of ether oxygens (including phenoxy) is 1. The number of aromatic nitrogens is 6. The molecule has 1 N–H and O–H groups in total. The molecular formula is C20H16N6O. The second-order valence-electron chi connectivity index (χ2n) is 6.30. The molecular weight excluding hydrogens is 340 g/mol. The van der Waals surface area contributed by atoms with Gasteiger partial charge < -0.3 is 14.3 Å². The number of imidazole rings is 1. The number of methoxy groups -OCH3 is 1. The van der Waals surface area contributed by atoms with Crippen molar-refractivity contribution < 1.29 is 4.74 Å². The number of hydrogen-bond acceptors (Lipinski definition) is 5. The summed E-state index contributed by atoms with van der Waals surface area (Å²) in [5.74, 6) is 0.569.